The summed E-state index contributed by atoms with van der Waals surface area (Å²) in [6, 6.07) is 0. The minimum atomic E-state index is -3.43. The Balaban J connectivity index is 1.78. The lowest BCUT2D eigenvalue weighted by Crippen LogP contribution is -2.45. The molecular formula is C14H24N4O3S. The van der Waals surface area contributed by atoms with Crippen molar-refractivity contribution in [1.29, 1.82) is 0 Å². The third-order valence-corrected chi connectivity index (χ3v) is 6.21. The second-order valence-electron chi connectivity index (χ2n) is 6.45. The number of ether oxygens (including phenoxy) is 1. The van der Waals surface area contributed by atoms with Crippen molar-refractivity contribution in [3.8, 4) is 0 Å². The van der Waals surface area contributed by atoms with E-state index in [4.69, 9.17) is 4.74 Å². The molecule has 0 aromatic carbocycles. The van der Waals surface area contributed by atoms with E-state index in [0.29, 0.717) is 25.6 Å². The Morgan fingerprint density at radius 1 is 1.36 bits per heavy atom. The van der Waals surface area contributed by atoms with E-state index in [1.54, 1.807) is 20.4 Å². The summed E-state index contributed by atoms with van der Waals surface area (Å²) < 4.78 is 35.4. The van der Waals surface area contributed by atoms with Crippen LogP contribution < -0.4 is 0 Å². The lowest BCUT2D eigenvalue weighted by atomic mass is 10.0. The van der Waals surface area contributed by atoms with E-state index in [1.807, 2.05) is 11.6 Å². The van der Waals surface area contributed by atoms with Gasteiger partial charge >= 0.3 is 0 Å². The number of aromatic nitrogens is 2. The highest BCUT2D eigenvalue weighted by Crippen LogP contribution is 2.32. The number of hydrogen-bond acceptors (Lipinski definition) is 4. The van der Waals surface area contributed by atoms with Gasteiger partial charge in [0.05, 0.1) is 25.2 Å². The molecule has 1 aromatic heterocycles. The van der Waals surface area contributed by atoms with E-state index in [0.717, 1.165) is 18.0 Å². The molecule has 1 unspecified atom stereocenters. The van der Waals surface area contributed by atoms with Gasteiger partial charge in [-0.05, 0) is 18.8 Å². The molecule has 1 aliphatic carbocycles. The summed E-state index contributed by atoms with van der Waals surface area (Å²) in [5.74, 6) is 0.737. The normalized spacial score (nSPS) is 23.0. The van der Waals surface area contributed by atoms with E-state index in [-0.39, 0.29) is 5.92 Å². The van der Waals surface area contributed by atoms with E-state index in [2.05, 4.69) is 4.98 Å². The van der Waals surface area contributed by atoms with Crippen LogP contribution in [-0.2, 0) is 28.5 Å². The van der Waals surface area contributed by atoms with Crippen molar-refractivity contribution >= 4 is 10.2 Å². The van der Waals surface area contributed by atoms with Crippen LogP contribution in [0.5, 0.6) is 0 Å². The maximum absolute atomic E-state index is 12.4. The lowest BCUT2D eigenvalue weighted by molar-refractivity contribution is 0.0993. The Labute approximate surface area is 132 Å². The van der Waals surface area contributed by atoms with Crippen molar-refractivity contribution in [1.82, 2.24) is 18.2 Å². The van der Waals surface area contributed by atoms with Crippen LogP contribution in [0.25, 0.3) is 0 Å². The molecule has 124 valence electrons. The second kappa shape index (κ2) is 5.92. The smallest absolute Gasteiger partial charge is 0.281 e. The Kier molecular flexibility index (Phi) is 4.28. The molecule has 1 aliphatic heterocycles. The van der Waals surface area contributed by atoms with Gasteiger partial charge in [0.1, 0.15) is 0 Å². The van der Waals surface area contributed by atoms with Gasteiger partial charge in [-0.15, -0.1) is 0 Å². The first-order valence-electron chi connectivity index (χ1n) is 7.65. The van der Waals surface area contributed by atoms with Gasteiger partial charge in [-0.3, -0.25) is 0 Å². The van der Waals surface area contributed by atoms with Crippen molar-refractivity contribution in [2.75, 3.05) is 33.9 Å². The molecule has 2 heterocycles. The van der Waals surface area contributed by atoms with E-state index < -0.39 is 10.2 Å². The first-order valence-corrected chi connectivity index (χ1v) is 9.04. The average molecular weight is 328 g/mol. The fourth-order valence-electron chi connectivity index (χ4n) is 2.90. The third-order valence-electron chi connectivity index (χ3n) is 4.36. The summed E-state index contributed by atoms with van der Waals surface area (Å²) >= 11 is 0. The Bertz CT molecular complexity index is 637. The minimum Gasteiger partial charge on any atom is -0.380 e. The molecule has 0 spiro atoms. The van der Waals surface area contributed by atoms with Crippen LogP contribution in [0.3, 0.4) is 0 Å². The summed E-state index contributed by atoms with van der Waals surface area (Å²) in [6.45, 7) is 2.10. The molecule has 7 nitrogen and oxygen atoms in total. The van der Waals surface area contributed by atoms with Gasteiger partial charge < -0.3 is 9.30 Å². The van der Waals surface area contributed by atoms with Crippen molar-refractivity contribution in [3.05, 3.63) is 17.7 Å². The highest BCUT2D eigenvalue weighted by Gasteiger charge is 2.36. The molecule has 3 rings (SSSR count). The number of imidazole rings is 1. The Morgan fingerprint density at radius 2 is 2.09 bits per heavy atom. The largest absolute Gasteiger partial charge is 0.380 e. The zero-order valence-corrected chi connectivity index (χ0v) is 14.2. The minimum absolute atomic E-state index is 0.0322. The summed E-state index contributed by atoms with van der Waals surface area (Å²) in [7, 11) is 1.64. The monoisotopic (exact) mass is 328 g/mol. The van der Waals surface area contributed by atoms with Crippen LogP contribution in [0, 0.1) is 5.92 Å². The fraction of sp³-hybridized carbons (Fsp3) is 0.786. The molecule has 0 saturated heterocycles. The first kappa shape index (κ1) is 15.9. The highest BCUT2D eigenvalue weighted by molar-refractivity contribution is 7.86. The molecular weight excluding hydrogens is 304 g/mol. The molecule has 22 heavy (non-hydrogen) atoms. The van der Waals surface area contributed by atoms with Gasteiger partial charge in [0.25, 0.3) is 10.2 Å². The van der Waals surface area contributed by atoms with Crippen molar-refractivity contribution < 1.29 is 13.2 Å². The van der Waals surface area contributed by atoms with E-state index >= 15 is 0 Å². The molecule has 8 heteroatoms. The van der Waals surface area contributed by atoms with Gasteiger partial charge in [-0.1, -0.05) is 0 Å². The van der Waals surface area contributed by atoms with Crippen molar-refractivity contribution in [2.24, 2.45) is 13.0 Å². The van der Waals surface area contributed by atoms with Gasteiger partial charge in [0.15, 0.2) is 0 Å². The van der Waals surface area contributed by atoms with Gasteiger partial charge in [-0.2, -0.15) is 17.0 Å². The van der Waals surface area contributed by atoms with Crippen LogP contribution >= 0.6 is 0 Å². The molecule has 1 saturated carbocycles. The van der Waals surface area contributed by atoms with Crippen LogP contribution in [0.2, 0.25) is 0 Å². The maximum Gasteiger partial charge on any atom is 0.281 e. The molecule has 1 fully saturated rings. The van der Waals surface area contributed by atoms with Crippen LogP contribution in [0.1, 0.15) is 30.1 Å². The third kappa shape index (κ3) is 3.05. The maximum atomic E-state index is 12.4. The molecule has 0 N–H and O–H groups in total. The molecule has 0 bridgehead atoms. The summed E-state index contributed by atoms with van der Waals surface area (Å²) in [5.41, 5.74) is 1.93. The van der Waals surface area contributed by atoms with Crippen LogP contribution in [0.15, 0.2) is 6.33 Å². The lowest BCUT2D eigenvalue weighted by Gasteiger charge is -2.33. The number of aryl methyl sites for hydroxylation is 1. The average Bonchev–Trinajstić information content (AvgIpc) is 3.21. The quantitative estimate of drug-likeness (QED) is 0.765. The summed E-state index contributed by atoms with van der Waals surface area (Å²) in [6.07, 6.45) is 4.26. The fourth-order valence-corrected chi connectivity index (χ4v) is 4.01. The molecule has 2 aliphatic rings. The zero-order chi connectivity index (χ0) is 15.9. The predicted octanol–water partition coefficient (Wildman–Crippen LogP) is 0.552. The van der Waals surface area contributed by atoms with Gasteiger partial charge in [-0.25, -0.2) is 4.98 Å². The molecule has 0 amide bonds. The number of fused-ring (bicyclic) bond motifs is 1. The second-order valence-corrected chi connectivity index (χ2v) is 8.59. The van der Waals surface area contributed by atoms with Gasteiger partial charge in [0.2, 0.25) is 0 Å². The van der Waals surface area contributed by atoms with Crippen LogP contribution in [0.4, 0.5) is 0 Å². The number of rotatable bonds is 6. The number of hydrogen-bond donors (Lipinski definition) is 0. The predicted molar refractivity (Wildman–Crippen MR) is 82.5 cm³/mol. The molecule has 0 radical (unpaired) electrons. The topological polar surface area (TPSA) is 67.7 Å². The molecule has 1 atom stereocenters. The van der Waals surface area contributed by atoms with Gasteiger partial charge in [0, 0.05) is 45.9 Å². The Morgan fingerprint density at radius 3 is 2.73 bits per heavy atom. The van der Waals surface area contributed by atoms with Crippen LogP contribution in [-0.4, -0.2) is 60.4 Å². The first-order chi connectivity index (χ1) is 10.4. The highest BCUT2D eigenvalue weighted by atomic mass is 32.2. The standard InChI is InChI=1S/C14H24N4O3S/c1-16(2)22(19,20)18-6-12(9-21-8-11-4-5-11)14-13(7-18)15-10-17(14)3/h10-12H,4-9H2,1-3H3. The van der Waals surface area contributed by atoms with Crippen molar-refractivity contribution in [2.45, 2.75) is 25.3 Å². The van der Waals surface area contributed by atoms with Crippen molar-refractivity contribution in [3.63, 3.8) is 0 Å². The van der Waals surface area contributed by atoms with E-state index in [9.17, 15) is 8.42 Å². The molecule has 1 aromatic rings. The summed E-state index contributed by atoms with van der Waals surface area (Å²) in [4.78, 5) is 4.37. The van der Waals surface area contributed by atoms with E-state index in [1.165, 1.54) is 21.5 Å². The number of nitrogens with zero attached hydrogens (tertiary/aromatic N) is 4. The zero-order valence-electron chi connectivity index (χ0n) is 13.4. The summed E-state index contributed by atoms with van der Waals surface area (Å²) in [5, 5.41) is 0. The SMILES string of the molecule is CN(C)S(=O)(=O)N1Cc2ncn(C)c2C(COCC2CC2)C1. The Hall–Kier alpha value is -0.960.